The molecule has 2 unspecified atom stereocenters. The van der Waals surface area contributed by atoms with Crippen molar-refractivity contribution in [2.75, 3.05) is 33.4 Å². The number of fused-ring (bicyclic) bond motifs is 3. The number of benzene rings is 1. The minimum Gasteiger partial charge on any atom is -0.504 e. The molecule has 3 aliphatic rings. The summed E-state index contributed by atoms with van der Waals surface area (Å²) in [5, 5.41) is 10.0. The van der Waals surface area contributed by atoms with Crippen LogP contribution in [0.5, 0.6) is 11.5 Å². The lowest BCUT2D eigenvalue weighted by molar-refractivity contribution is -0.131. The number of carbonyl (C=O) groups excluding carboxylic acids is 1. The molecule has 3 aliphatic heterocycles. The van der Waals surface area contributed by atoms with Crippen LogP contribution in [0.1, 0.15) is 36.4 Å². The van der Waals surface area contributed by atoms with E-state index in [1.165, 1.54) is 11.1 Å². The summed E-state index contributed by atoms with van der Waals surface area (Å²) in [6, 6.07) is 4.29. The van der Waals surface area contributed by atoms with Crippen LogP contribution < -0.4 is 4.74 Å². The molecule has 6 heteroatoms. The van der Waals surface area contributed by atoms with Crippen LogP contribution in [0.2, 0.25) is 0 Å². The zero-order valence-electron chi connectivity index (χ0n) is 14.6. The third-order valence-corrected chi connectivity index (χ3v) is 6.02. The Morgan fingerprint density at radius 2 is 2.16 bits per heavy atom. The molecule has 0 bridgehead atoms. The fourth-order valence-electron chi connectivity index (χ4n) is 4.72. The molecular weight excluding hydrogens is 323 g/mol. The van der Waals surface area contributed by atoms with E-state index in [0.717, 1.165) is 32.4 Å². The Kier molecular flexibility index (Phi) is 4.31. The number of amides is 1. The standard InChI is InChI=1S/C19H25FN2O3/c1-25-18-8-15-13(7-17(18)23)4-5-21-11-14(2-3-16(15)21)22-10-12(9-20)6-19(22)24/h7-8,12,14,16,23H,2-6,9-11H2,1H3/t12?,14-,16?/m1/s1. The molecule has 4 rings (SSSR count). The van der Waals surface area contributed by atoms with Gasteiger partial charge in [0.15, 0.2) is 11.5 Å². The van der Waals surface area contributed by atoms with Crippen LogP contribution in [-0.4, -0.2) is 60.3 Å². The Bertz CT molecular complexity index is 681. The molecule has 2 fully saturated rings. The van der Waals surface area contributed by atoms with Crippen molar-refractivity contribution in [3.8, 4) is 11.5 Å². The lowest BCUT2D eigenvalue weighted by Gasteiger charge is -2.46. The van der Waals surface area contributed by atoms with Crippen molar-refractivity contribution < 1.29 is 19.0 Å². The molecule has 25 heavy (non-hydrogen) atoms. The average Bonchev–Trinajstić information content (AvgIpc) is 3.01. The van der Waals surface area contributed by atoms with Crippen molar-refractivity contribution in [3.63, 3.8) is 0 Å². The van der Waals surface area contributed by atoms with E-state index in [2.05, 4.69) is 4.90 Å². The maximum absolute atomic E-state index is 12.9. The van der Waals surface area contributed by atoms with Crippen molar-refractivity contribution in [3.05, 3.63) is 23.3 Å². The van der Waals surface area contributed by atoms with Gasteiger partial charge in [0.2, 0.25) is 5.91 Å². The van der Waals surface area contributed by atoms with Crippen molar-refractivity contribution in [2.45, 2.75) is 37.8 Å². The first-order valence-electron chi connectivity index (χ1n) is 9.10. The quantitative estimate of drug-likeness (QED) is 0.911. The van der Waals surface area contributed by atoms with Crippen molar-refractivity contribution in [1.82, 2.24) is 9.80 Å². The van der Waals surface area contributed by atoms with Gasteiger partial charge < -0.3 is 14.7 Å². The van der Waals surface area contributed by atoms with Gasteiger partial charge in [-0.3, -0.25) is 14.1 Å². The first-order valence-corrected chi connectivity index (χ1v) is 9.10. The number of methoxy groups -OCH3 is 1. The van der Waals surface area contributed by atoms with E-state index < -0.39 is 6.67 Å². The summed E-state index contributed by atoms with van der Waals surface area (Å²) in [4.78, 5) is 16.6. The number of nitrogens with zero attached hydrogens (tertiary/aromatic N) is 2. The molecule has 5 nitrogen and oxygen atoms in total. The maximum Gasteiger partial charge on any atom is 0.223 e. The van der Waals surface area contributed by atoms with Crippen LogP contribution in [-0.2, 0) is 11.2 Å². The topological polar surface area (TPSA) is 53.0 Å². The van der Waals surface area contributed by atoms with Gasteiger partial charge in [-0.2, -0.15) is 0 Å². The van der Waals surface area contributed by atoms with Gasteiger partial charge in [-0.1, -0.05) is 0 Å². The van der Waals surface area contributed by atoms with Gasteiger partial charge in [-0.25, -0.2) is 0 Å². The number of alkyl halides is 1. The van der Waals surface area contributed by atoms with E-state index in [-0.39, 0.29) is 23.6 Å². The second kappa shape index (κ2) is 6.48. The molecule has 0 aliphatic carbocycles. The molecule has 136 valence electrons. The molecule has 1 aromatic rings. The van der Waals surface area contributed by atoms with Crippen molar-refractivity contribution >= 4 is 5.91 Å². The number of piperidine rings is 1. The Balaban J connectivity index is 1.52. The largest absolute Gasteiger partial charge is 0.504 e. The number of hydrogen-bond acceptors (Lipinski definition) is 4. The van der Waals surface area contributed by atoms with E-state index in [9.17, 15) is 14.3 Å². The fraction of sp³-hybridized carbons (Fsp3) is 0.632. The summed E-state index contributed by atoms with van der Waals surface area (Å²) in [6.07, 6.45) is 3.15. The first-order chi connectivity index (χ1) is 12.1. The van der Waals surface area contributed by atoms with Crippen LogP contribution in [0.25, 0.3) is 0 Å². The normalized spacial score (nSPS) is 29.4. The van der Waals surface area contributed by atoms with E-state index in [1.54, 1.807) is 7.11 Å². The monoisotopic (exact) mass is 348 g/mol. The molecule has 3 heterocycles. The van der Waals surface area contributed by atoms with E-state index in [4.69, 9.17) is 4.74 Å². The molecule has 0 radical (unpaired) electrons. The number of phenolic OH excluding ortho intramolecular Hbond substituents is 1. The van der Waals surface area contributed by atoms with Gasteiger partial charge in [-0.05, 0) is 42.5 Å². The molecule has 0 saturated carbocycles. The minimum atomic E-state index is -0.405. The lowest BCUT2D eigenvalue weighted by Crippen LogP contribution is -2.51. The fourth-order valence-corrected chi connectivity index (χ4v) is 4.72. The van der Waals surface area contributed by atoms with Gasteiger partial charge in [0, 0.05) is 44.1 Å². The van der Waals surface area contributed by atoms with Crippen LogP contribution in [0.15, 0.2) is 12.1 Å². The van der Waals surface area contributed by atoms with Crippen molar-refractivity contribution in [2.24, 2.45) is 5.92 Å². The number of phenols is 1. The first kappa shape index (κ1) is 16.6. The number of hydrogen-bond donors (Lipinski definition) is 1. The third kappa shape index (κ3) is 2.86. The summed E-state index contributed by atoms with van der Waals surface area (Å²) in [6.45, 7) is 1.93. The summed E-state index contributed by atoms with van der Waals surface area (Å²) >= 11 is 0. The van der Waals surface area contributed by atoms with Crippen LogP contribution in [0.4, 0.5) is 4.39 Å². The third-order valence-electron chi connectivity index (χ3n) is 6.02. The molecule has 3 atom stereocenters. The zero-order chi connectivity index (χ0) is 17.6. The lowest BCUT2D eigenvalue weighted by atomic mass is 9.85. The number of halogens is 1. The number of ether oxygens (including phenoxy) is 1. The maximum atomic E-state index is 12.9. The van der Waals surface area contributed by atoms with Crippen LogP contribution >= 0.6 is 0 Å². The zero-order valence-corrected chi connectivity index (χ0v) is 14.6. The van der Waals surface area contributed by atoms with Gasteiger partial charge in [-0.15, -0.1) is 0 Å². The number of likely N-dealkylation sites (tertiary alicyclic amines) is 1. The molecule has 1 aromatic carbocycles. The second-order valence-electron chi connectivity index (χ2n) is 7.49. The molecule has 1 amide bonds. The summed E-state index contributed by atoms with van der Waals surface area (Å²) in [5.41, 5.74) is 2.42. The number of rotatable bonds is 3. The molecule has 2 saturated heterocycles. The van der Waals surface area contributed by atoms with Gasteiger partial charge in [0.25, 0.3) is 0 Å². The highest BCUT2D eigenvalue weighted by molar-refractivity contribution is 5.79. The van der Waals surface area contributed by atoms with E-state index in [0.29, 0.717) is 24.8 Å². The Morgan fingerprint density at radius 3 is 2.88 bits per heavy atom. The highest BCUT2D eigenvalue weighted by Crippen LogP contribution is 2.42. The average molecular weight is 348 g/mol. The van der Waals surface area contributed by atoms with Crippen molar-refractivity contribution in [1.29, 1.82) is 0 Å². The highest BCUT2D eigenvalue weighted by atomic mass is 19.1. The predicted molar refractivity (Wildman–Crippen MR) is 91.5 cm³/mol. The SMILES string of the molecule is COc1cc2c(cc1O)CCN1C[C@H](N3CC(CF)CC3=O)CCC21. The number of carbonyl (C=O) groups is 1. The van der Waals surface area contributed by atoms with Crippen LogP contribution in [0.3, 0.4) is 0 Å². The smallest absolute Gasteiger partial charge is 0.223 e. The van der Waals surface area contributed by atoms with Gasteiger partial charge in [0.05, 0.1) is 13.8 Å². The Hall–Kier alpha value is -1.82. The second-order valence-corrected chi connectivity index (χ2v) is 7.49. The van der Waals surface area contributed by atoms with E-state index in [1.807, 2.05) is 17.0 Å². The Labute approximate surface area is 147 Å². The molecular formula is C19H25FN2O3. The Morgan fingerprint density at radius 1 is 1.32 bits per heavy atom. The van der Waals surface area contributed by atoms with Crippen LogP contribution in [0, 0.1) is 5.92 Å². The highest BCUT2D eigenvalue weighted by Gasteiger charge is 2.40. The minimum absolute atomic E-state index is 0.107. The summed E-state index contributed by atoms with van der Waals surface area (Å²) in [5.74, 6) is 0.696. The molecule has 1 N–H and O–H groups in total. The predicted octanol–water partition coefficient (Wildman–Crippen LogP) is 2.28. The number of aromatic hydroxyl groups is 1. The molecule has 0 aromatic heterocycles. The van der Waals surface area contributed by atoms with Gasteiger partial charge >= 0.3 is 0 Å². The summed E-state index contributed by atoms with van der Waals surface area (Å²) in [7, 11) is 1.57. The summed E-state index contributed by atoms with van der Waals surface area (Å²) < 4.78 is 18.2. The van der Waals surface area contributed by atoms with Gasteiger partial charge in [0.1, 0.15) is 0 Å². The molecule has 0 spiro atoms. The van der Waals surface area contributed by atoms with E-state index >= 15 is 0 Å².